The standard InChI is InChI=1S/C15H16N6O/c1-11(2)19-13-5-3-4-12(8-13)14-6-7-17-21(15(14)22)20-10-16-9-18-20/h3-11,19H,1-2H3. The first-order valence-electron chi connectivity index (χ1n) is 6.96. The fraction of sp³-hybridized carbons (Fsp3) is 0.200. The van der Waals surface area contributed by atoms with Gasteiger partial charge in [-0.2, -0.15) is 5.10 Å². The number of anilines is 1. The molecule has 112 valence electrons. The lowest BCUT2D eigenvalue weighted by atomic mass is 10.1. The molecule has 0 bridgehead atoms. The third-order valence-electron chi connectivity index (χ3n) is 3.06. The number of hydrogen-bond acceptors (Lipinski definition) is 5. The minimum absolute atomic E-state index is 0.255. The van der Waals surface area contributed by atoms with E-state index < -0.39 is 0 Å². The Kier molecular flexibility index (Phi) is 3.69. The lowest BCUT2D eigenvalue weighted by Gasteiger charge is -2.11. The molecule has 7 nitrogen and oxygen atoms in total. The van der Waals surface area contributed by atoms with Crippen LogP contribution in [0.1, 0.15) is 13.8 Å². The van der Waals surface area contributed by atoms with Crippen molar-refractivity contribution >= 4 is 5.69 Å². The van der Waals surface area contributed by atoms with Crippen molar-refractivity contribution in [1.82, 2.24) is 24.8 Å². The van der Waals surface area contributed by atoms with Crippen LogP contribution in [0.5, 0.6) is 0 Å². The van der Waals surface area contributed by atoms with Crippen LogP contribution in [0.25, 0.3) is 11.1 Å². The average molecular weight is 296 g/mol. The Morgan fingerprint density at radius 1 is 1.18 bits per heavy atom. The topological polar surface area (TPSA) is 77.6 Å². The van der Waals surface area contributed by atoms with E-state index in [4.69, 9.17) is 0 Å². The Balaban J connectivity index is 2.06. The van der Waals surface area contributed by atoms with E-state index in [1.54, 1.807) is 12.3 Å². The SMILES string of the molecule is CC(C)Nc1cccc(-c2ccnn(-n3cncn3)c2=O)c1. The zero-order valence-corrected chi connectivity index (χ0v) is 12.3. The quantitative estimate of drug-likeness (QED) is 0.792. The molecule has 0 aliphatic rings. The maximum atomic E-state index is 12.6. The van der Waals surface area contributed by atoms with Gasteiger partial charge in [0.15, 0.2) is 0 Å². The van der Waals surface area contributed by atoms with Crippen molar-refractivity contribution in [3.63, 3.8) is 0 Å². The summed E-state index contributed by atoms with van der Waals surface area (Å²) in [7, 11) is 0. The third-order valence-corrected chi connectivity index (χ3v) is 3.06. The summed E-state index contributed by atoms with van der Waals surface area (Å²) < 4.78 is 0. The average Bonchev–Trinajstić information content (AvgIpc) is 3.01. The van der Waals surface area contributed by atoms with Crippen LogP contribution in [0.2, 0.25) is 0 Å². The Morgan fingerprint density at radius 3 is 2.77 bits per heavy atom. The second-order valence-corrected chi connectivity index (χ2v) is 5.14. The summed E-state index contributed by atoms with van der Waals surface area (Å²) in [6, 6.07) is 9.75. The monoisotopic (exact) mass is 296 g/mol. The third kappa shape index (κ3) is 2.73. The van der Waals surface area contributed by atoms with Crippen molar-refractivity contribution in [3.05, 3.63) is 59.5 Å². The maximum absolute atomic E-state index is 12.6. The van der Waals surface area contributed by atoms with Gasteiger partial charge in [-0.15, -0.1) is 14.7 Å². The fourth-order valence-corrected chi connectivity index (χ4v) is 2.18. The van der Waals surface area contributed by atoms with Gasteiger partial charge in [0.25, 0.3) is 5.56 Å². The van der Waals surface area contributed by atoms with E-state index in [-0.39, 0.29) is 5.56 Å². The largest absolute Gasteiger partial charge is 0.383 e. The maximum Gasteiger partial charge on any atom is 0.295 e. The van der Waals surface area contributed by atoms with Crippen LogP contribution in [-0.2, 0) is 0 Å². The van der Waals surface area contributed by atoms with E-state index in [1.807, 2.05) is 24.3 Å². The van der Waals surface area contributed by atoms with E-state index in [0.29, 0.717) is 11.6 Å². The summed E-state index contributed by atoms with van der Waals surface area (Å²) in [6.45, 7) is 4.13. The zero-order valence-electron chi connectivity index (χ0n) is 12.3. The number of nitrogens with one attached hydrogen (secondary N) is 1. The zero-order chi connectivity index (χ0) is 15.5. The molecular weight excluding hydrogens is 280 g/mol. The Morgan fingerprint density at radius 2 is 2.05 bits per heavy atom. The molecule has 1 aromatic carbocycles. The molecule has 0 aliphatic heterocycles. The van der Waals surface area contributed by atoms with Crippen LogP contribution >= 0.6 is 0 Å². The molecule has 3 aromatic rings. The molecular formula is C15H16N6O. The minimum Gasteiger partial charge on any atom is -0.383 e. The van der Waals surface area contributed by atoms with Gasteiger partial charge >= 0.3 is 0 Å². The predicted octanol–water partition coefficient (Wildman–Crippen LogP) is 1.63. The molecule has 0 radical (unpaired) electrons. The molecule has 2 heterocycles. The fourth-order valence-electron chi connectivity index (χ4n) is 2.18. The lowest BCUT2D eigenvalue weighted by molar-refractivity contribution is 0.478. The van der Waals surface area contributed by atoms with Crippen LogP contribution in [0.3, 0.4) is 0 Å². The molecule has 0 amide bonds. The van der Waals surface area contributed by atoms with Gasteiger partial charge in [-0.25, -0.2) is 4.98 Å². The molecule has 0 saturated carbocycles. The van der Waals surface area contributed by atoms with Gasteiger partial charge in [-0.05, 0) is 37.6 Å². The molecule has 3 rings (SSSR count). The summed E-state index contributed by atoms with van der Waals surface area (Å²) in [5.41, 5.74) is 2.09. The molecule has 0 saturated heterocycles. The van der Waals surface area contributed by atoms with Gasteiger partial charge in [-0.3, -0.25) is 4.79 Å². The molecule has 0 aliphatic carbocycles. The molecule has 1 N–H and O–H groups in total. The van der Waals surface area contributed by atoms with Crippen molar-refractivity contribution in [2.45, 2.75) is 19.9 Å². The summed E-state index contributed by atoms with van der Waals surface area (Å²) in [4.78, 5) is 18.9. The molecule has 2 aromatic heterocycles. The molecule has 0 unspecified atom stereocenters. The first kappa shape index (κ1) is 14.0. The van der Waals surface area contributed by atoms with Gasteiger partial charge in [0, 0.05) is 11.7 Å². The van der Waals surface area contributed by atoms with Crippen LogP contribution in [-0.4, -0.2) is 30.8 Å². The lowest BCUT2D eigenvalue weighted by Crippen LogP contribution is -2.29. The van der Waals surface area contributed by atoms with Gasteiger partial charge in [0.2, 0.25) is 0 Å². The summed E-state index contributed by atoms with van der Waals surface area (Å²) in [5.74, 6) is 0. The van der Waals surface area contributed by atoms with Crippen LogP contribution in [0.4, 0.5) is 5.69 Å². The minimum atomic E-state index is -0.255. The first-order chi connectivity index (χ1) is 10.6. The van der Waals surface area contributed by atoms with Gasteiger partial charge in [-0.1, -0.05) is 12.1 Å². The Bertz CT molecular complexity index is 822. The molecule has 0 spiro atoms. The number of hydrogen-bond donors (Lipinski definition) is 1. The van der Waals surface area contributed by atoms with Crippen LogP contribution in [0.15, 0.2) is 54.0 Å². The number of benzene rings is 1. The van der Waals surface area contributed by atoms with Crippen molar-refractivity contribution in [2.75, 3.05) is 5.32 Å². The van der Waals surface area contributed by atoms with Crippen molar-refractivity contribution in [2.24, 2.45) is 0 Å². The Hall–Kier alpha value is -2.96. The van der Waals surface area contributed by atoms with E-state index >= 15 is 0 Å². The van der Waals surface area contributed by atoms with Gasteiger partial charge in [0.05, 0.1) is 11.8 Å². The number of aromatic nitrogens is 5. The van der Waals surface area contributed by atoms with Crippen molar-refractivity contribution < 1.29 is 0 Å². The van der Waals surface area contributed by atoms with E-state index in [2.05, 4.69) is 34.3 Å². The summed E-state index contributed by atoms with van der Waals surface area (Å²) in [6.07, 6.45) is 4.35. The Labute approximate surface area is 127 Å². The van der Waals surface area contributed by atoms with E-state index in [0.717, 1.165) is 11.3 Å². The molecule has 0 atom stereocenters. The van der Waals surface area contributed by atoms with E-state index in [1.165, 1.54) is 22.2 Å². The predicted molar refractivity (Wildman–Crippen MR) is 83.5 cm³/mol. The van der Waals surface area contributed by atoms with Crippen molar-refractivity contribution in [3.8, 4) is 11.1 Å². The smallest absolute Gasteiger partial charge is 0.295 e. The van der Waals surface area contributed by atoms with Crippen LogP contribution in [0, 0.1) is 0 Å². The van der Waals surface area contributed by atoms with Gasteiger partial charge in [0.1, 0.15) is 12.7 Å². The summed E-state index contributed by atoms with van der Waals surface area (Å²) in [5, 5.41) is 11.3. The van der Waals surface area contributed by atoms with Gasteiger partial charge < -0.3 is 5.32 Å². The normalized spacial score (nSPS) is 10.9. The number of nitrogens with zero attached hydrogens (tertiary/aromatic N) is 5. The molecule has 22 heavy (non-hydrogen) atoms. The van der Waals surface area contributed by atoms with Crippen molar-refractivity contribution in [1.29, 1.82) is 0 Å². The number of rotatable bonds is 4. The highest BCUT2D eigenvalue weighted by Crippen LogP contribution is 2.19. The second kappa shape index (κ2) is 5.80. The first-order valence-corrected chi connectivity index (χ1v) is 6.96. The molecule has 0 fully saturated rings. The highest BCUT2D eigenvalue weighted by atomic mass is 16.1. The highest BCUT2D eigenvalue weighted by molar-refractivity contribution is 5.67. The second-order valence-electron chi connectivity index (χ2n) is 5.14. The highest BCUT2D eigenvalue weighted by Gasteiger charge is 2.09. The molecule has 7 heteroatoms. The van der Waals surface area contributed by atoms with Crippen LogP contribution < -0.4 is 10.9 Å². The van der Waals surface area contributed by atoms with E-state index in [9.17, 15) is 4.79 Å². The summed E-state index contributed by atoms with van der Waals surface area (Å²) >= 11 is 0.